The highest BCUT2D eigenvalue weighted by Gasteiger charge is 2.34. The van der Waals surface area contributed by atoms with E-state index in [2.05, 4.69) is 10.2 Å². The molecule has 4 heteroatoms. The van der Waals surface area contributed by atoms with E-state index in [1.807, 2.05) is 6.92 Å². The van der Waals surface area contributed by atoms with Crippen molar-refractivity contribution < 1.29 is 9.84 Å². The summed E-state index contributed by atoms with van der Waals surface area (Å²) in [6.45, 7) is 8.75. The second-order valence-corrected chi connectivity index (χ2v) is 6.43. The molecule has 1 saturated carbocycles. The van der Waals surface area contributed by atoms with Crippen LogP contribution >= 0.6 is 0 Å². The SMILES string of the molecule is CC(O)CNCC1(CN2CCOCC2)CCCCC1. The normalized spacial score (nSPS) is 26.2. The van der Waals surface area contributed by atoms with Gasteiger partial charge in [-0.3, -0.25) is 4.90 Å². The monoisotopic (exact) mass is 270 g/mol. The van der Waals surface area contributed by atoms with Crippen molar-refractivity contribution in [2.24, 2.45) is 5.41 Å². The Kier molecular flexibility index (Phi) is 6.07. The Hall–Kier alpha value is -0.160. The molecule has 0 bridgehead atoms. The third kappa shape index (κ3) is 5.03. The topological polar surface area (TPSA) is 44.7 Å². The smallest absolute Gasteiger partial charge is 0.0636 e. The van der Waals surface area contributed by atoms with Gasteiger partial charge in [0.15, 0.2) is 0 Å². The van der Waals surface area contributed by atoms with Crippen molar-refractivity contribution in [1.29, 1.82) is 0 Å². The van der Waals surface area contributed by atoms with Gasteiger partial charge in [0.05, 0.1) is 19.3 Å². The number of aliphatic hydroxyl groups excluding tert-OH is 1. The van der Waals surface area contributed by atoms with Crippen molar-refractivity contribution >= 4 is 0 Å². The van der Waals surface area contributed by atoms with Crippen LogP contribution in [0.1, 0.15) is 39.0 Å². The highest BCUT2D eigenvalue weighted by molar-refractivity contribution is 4.88. The van der Waals surface area contributed by atoms with Crippen LogP contribution in [-0.2, 0) is 4.74 Å². The highest BCUT2D eigenvalue weighted by Crippen LogP contribution is 2.36. The van der Waals surface area contributed by atoms with Gasteiger partial charge in [-0.15, -0.1) is 0 Å². The molecular weight excluding hydrogens is 240 g/mol. The Morgan fingerprint density at radius 3 is 2.53 bits per heavy atom. The van der Waals surface area contributed by atoms with Crippen molar-refractivity contribution in [2.75, 3.05) is 45.9 Å². The maximum atomic E-state index is 9.40. The predicted octanol–water partition coefficient (Wildman–Crippen LogP) is 1.24. The molecule has 19 heavy (non-hydrogen) atoms. The molecular formula is C15H30N2O2. The lowest BCUT2D eigenvalue weighted by Gasteiger charge is -2.42. The molecule has 1 aliphatic heterocycles. The molecule has 1 saturated heterocycles. The molecule has 4 nitrogen and oxygen atoms in total. The van der Waals surface area contributed by atoms with Crippen molar-refractivity contribution in [2.45, 2.75) is 45.1 Å². The Morgan fingerprint density at radius 1 is 1.21 bits per heavy atom. The molecule has 2 aliphatic rings. The number of hydrogen-bond donors (Lipinski definition) is 2. The summed E-state index contributed by atoms with van der Waals surface area (Å²) in [5.74, 6) is 0. The molecule has 2 fully saturated rings. The zero-order chi connectivity index (χ0) is 13.6. The molecule has 0 aromatic heterocycles. The fourth-order valence-electron chi connectivity index (χ4n) is 3.47. The van der Waals surface area contributed by atoms with Crippen LogP contribution in [-0.4, -0.2) is 62.0 Å². The average molecular weight is 270 g/mol. The van der Waals surface area contributed by atoms with Crippen LogP contribution < -0.4 is 5.32 Å². The standard InChI is InChI=1S/C15H30N2O2/c1-14(18)11-16-12-15(5-3-2-4-6-15)13-17-7-9-19-10-8-17/h14,16,18H,2-13H2,1H3. The molecule has 2 rings (SSSR count). The predicted molar refractivity (Wildman–Crippen MR) is 77.3 cm³/mol. The maximum Gasteiger partial charge on any atom is 0.0636 e. The van der Waals surface area contributed by atoms with E-state index in [4.69, 9.17) is 4.74 Å². The first kappa shape index (κ1) is 15.2. The fraction of sp³-hybridized carbons (Fsp3) is 1.00. The van der Waals surface area contributed by atoms with E-state index < -0.39 is 0 Å². The quantitative estimate of drug-likeness (QED) is 0.762. The average Bonchev–Trinajstić information content (AvgIpc) is 2.40. The molecule has 1 unspecified atom stereocenters. The second kappa shape index (κ2) is 7.58. The number of aliphatic hydroxyl groups is 1. The van der Waals surface area contributed by atoms with Gasteiger partial charge in [-0.05, 0) is 25.2 Å². The third-order valence-corrected chi connectivity index (χ3v) is 4.52. The van der Waals surface area contributed by atoms with Gasteiger partial charge in [-0.25, -0.2) is 0 Å². The summed E-state index contributed by atoms with van der Waals surface area (Å²) in [6, 6.07) is 0. The van der Waals surface area contributed by atoms with Gasteiger partial charge in [0.25, 0.3) is 0 Å². The van der Waals surface area contributed by atoms with Crippen LogP contribution in [0.25, 0.3) is 0 Å². The molecule has 0 aromatic carbocycles. The lowest BCUT2D eigenvalue weighted by molar-refractivity contribution is 0.00667. The van der Waals surface area contributed by atoms with Crippen molar-refractivity contribution in [1.82, 2.24) is 10.2 Å². The maximum absolute atomic E-state index is 9.40. The minimum atomic E-state index is -0.246. The van der Waals surface area contributed by atoms with Gasteiger partial charge in [0.1, 0.15) is 0 Å². The fourth-order valence-corrected chi connectivity index (χ4v) is 3.47. The van der Waals surface area contributed by atoms with Crippen LogP contribution in [0.5, 0.6) is 0 Å². The first-order valence-corrected chi connectivity index (χ1v) is 7.89. The van der Waals surface area contributed by atoms with E-state index in [-0.39, 0.29) is 6.10 Å². The van der Waals surface area contributed by atoms with Crippen LogP contribution in [0.15, 0.2) is 0 Å². The Bertz CT molecular complexity index is 247. The summed E-state index contributed by atoms with van der Waals surface area (Å²) in [5.41, 5.74) is 0.421. The van der Waals surface area contributed by atoms with E-state index >= 15 is 0 Å². The third-order valence-electron chi connectivity index (χ3n) is 4.52. The summed E-state index contributed by atoms with van der Waals surface area (Å²) in [4.78, 5) is 2.57. The zero-order valence-corrected chi connectivity index (χ0v) is 12.4. The molecule has 2 N–H and O–H groups in total. The first-order valence-electron chi connectivity index (χ1n) is 7.89. The van der Waals surface area contributed by atoms with Crippen molar-refractivity contribution in [3.8, 4) is 0 Å². The lowest BCUT2D eigenvalue weighted by Crippen LogP contribution is -2.49. The molecule has 1 atom stereocenters. The van der Waals surface area contributed by atoms with E-state index in [9.17, 15) is 5.11 Å². The molecule has 0 amide bonds. The molecule has 1 heterocycles. The molecule has 0 radical (unpaired) electrons. The van der Waals surface area contributed by atoms with Gasteiger partial charge in [-0.2, -0.15) is 0 Å². The van der Waals surface area contributed by atoms with Gasteiger partial charge < -0.3 is 15.2 Å². The van der Waals surface area contributed by atoms with Crippen LogP contribution in [0.2, 0.25) is 0 Å². The highest BCUT2D eigenvalue weighted by atomic mass is 16.5. The van der Waals surface area contributed by atoms with Crippen molar-refractivity contribution in [3.63, 3.8) is 0 Å². The van der Waals surface area contributed by atoms with Crippen LogP contribution in [0.3, 0.4) is 0 Å². The van der Waals surface area contributed by atoms with E-state index in [0.717, 1.165) is 32.8 Å². The number of rotatable bonds is 6. The van der Waals surface area contributed by atoms with Crippen LogP contribution in [0, 0.1) is 5.41 Å². The van der Waals surface area contributed by atoms with Gasteiger partial charge in [0.2, 0.25) is 0 Å². The molecule has 0 aromatic rings. The van der Waals surface area contributed by atoms with Gasteiger partial charge >= 0.3 is 0 Å². The Morgan fingerprint density at radius 2 is 1.89 bits per heavy atom. The number of ether oxygens (including phenoxy) is 1. The summed E-state index contributed by atoms with van der Waals surface area (Å²) in [5, 5.41) is 12.9. The summed E-state index contributed by atoms with van der Waals surface area (Å²) < 4.78 is 5.44. The van der Waals surface area contributed by atoms with E-state index in [1.54, 1.807) is 0 Å². The second-order valence-electron chi connectivity index (χ2n) is 6.43. The number of nitrogens with one attached hydrogen (secondary N) is 1. The van der Waals surface area contributed by atoms with Gasteiger partial charge in [-0.1, -0.05) is 19.3 Å². The van der Waals surface area contributed by atoms with Gasteiger partial charge in [0, 0.05) is 32.7 Å². The molecule has 0 spiro atoms. The molecule has 1 aliphatic carbocycles. The summed E-state index contributed by atoms with van der Waals surface area (Å²) in [7, 11) is 0. The lowest BCUT2D eigenvalue weighted by atomic mass is 9.73. The Labute approximate surface area is 117 Å². The number of nitrogens with zero attached hydrogens (tertiary/aromatic N) is 1. The van der Waals surface area contributed by atoms with E-state index in [1.165, 1.54) is 38.6 Å². The minimum Gasteiger partial charge on any atom is -0.392 e. The summed E-state index contributed by atoms with van der Waals surface area (Å²) >= 11 is 0. The minimum absolute atomic E-state index is 0.246. The van der Waals surface area contributed by atoms with E-state index in [0.29, 0.717) is 12.0 Å². The number of hydrogen-bond acceptors (Lipinski definition) is 4. The molecule has 112 valence electrons. The zero-order valence-electron chi connectivity index (χ0n) is 12.4. The van der Waals surface area contributed by atoms with Crippen molar-refractivity contribution in [3.05, 3.63) is 0 Å². The van der Waals surface area contributed by atoms with Crippen LogP contribution in [0.4, 0.5) is 0 Å². The number of morpholine rings is 1. The summed E-state index contributed by atoms with van der Waals surface area (Å²) in [6.07, 6.45) is 6.53. The first-order chi connectivity index (χ1) is 9.20. The Balaban J connectivity index is 1.85. The largest absolute Gasteiger partial charge is 0.392 e.